The van der Waals surface area contributed by atoms with E-state index < -0.39 is 6.10 Å². The van der Waals surface area contributed by atoms with Crippen molar-refractivity contribution in [2.45, 2.75) is 322 Å². The smallest absolute Gasteiger partial charge is 0.306 e. The molecule has 0 saturated carbocycles. The molecule has 0 amide bonds. The Morgan fingerprint density at radius 1 is 0.274 bits per heavy atom. The fourth-order valence-electron chi connectivity index (χ4n) is 8.89. The van der Waals surface area contributed by atoms with Gasteiger partial charge in [0.05, 0.1) is 0 Å². The Hall–Kier alpha value is -3.15. The maximum Gasteiger partial charge on any atom is 0.306 e. The summed E-state index contributed by atoms with van der Waals surface area (Å²) in [6, 6.07) is 0. The zero-order chi connectivity index (χ0) is 52.9. The standard InChI is InChI=1S/C67H118O6/c1-4-7-10-13-16-19-22-25-28-30-32-33-35-37-40-43-46-49-52-55-58-61-67(70)73-64(62-71-65(68)59-56-53-50-47-44-41-38-27-24-21-18-15-12-9-6-3)63-72-66(69)60-57-54-51-48-45-42-39-36-34-31-29-26-23-20-17-14-11-8-5-2/h17,20,25-29,34,36,38,42,45,64H,4-16,18-19,21-24,30-33,35,37,39-41,43-44,46-63H2,1-3H3/b20-17-,28-25-,29-26-,36-34-,38-27-,45-42-/t64-/m0/s1. The molecule has 0 aromatic heterocycles. The zero-order valence-corrected chi connectivity index (χ0v) is 48.4. The first kappa shape index (κ1) is 69.8. The molecular weight excluding hydrogens is 901 g/mol. The summed E-state index contributed by atoms with van der Waals surface area (Å²) in [6.45, 7) is 6.60. The van der Waals surface area contributed by atoms with Gasteiger partial charge in [0, 0.05) is 19.3 Å². The van der Waals surface area contributed by atoms with Gasteiger partial charge in [-0.1, -0.05) is 254 Å². The van der Waals surface area contributed by atoms with E-state index in [0.717, 1.165) is 89.9 Å². The normalized spacial score (nSPS) is 12.5. The summed E-state index contributed by atoms with van der Waals surface area (Å²) >= 11 is 0. The van der Waals surface area contributed by atoms with Gasteiger partial charge in [0.15, 0.2) is 6.10 Å². The molecule has 6 nitrogen and oxygen atoms in total. The summed E-state index contributed by atoms with van der Waals surface area (Å²) in [4.78, 5) is 38.3. The largest absolute Gasteiger partial charge is 0.462 e. The average molecular weight is 1020 g/mol. The number of rotatable bonds is 57. The molecule has 0 aromatic carbocycles. The van der Waals surface area contributed by atoms with Crippen molar-refractivity contribution in [2.24, 2.45) is 0 Å². The van der Waals surface area contributed by atoms with Gasteiger partial charge in [-0.2, -0.15) is 0 Å². The lowest BCUT2D eigenvalue weighted by Crippen LogP contribution is -2.30. The number of ether oxygens (including phenoxy) is 3. The van der Waals surface area contributed by atoms with Gasteiger partial charge in [0.25, 0.3) is 0 Å². The Morgan fingerprint density at radius 2 is 0.493 bits per heavy atom. The molecule has 0 N–H and O–H groups in total. The van der Waals surface area contributed by atoms with E-state index >= 15 is 0 Å². The summed E-state index contributed by atoms with van der Waals surface area (Å²) in [5.41, 5.74) is 0. The Bertz CT molecular complexity index is 1360. The molecule has 6 heteroatoms. The van der Waals surface area contributed by atoms with Crippen LogP contribution in [0.5, 0.6) is 0 Å². The van der Waals surface area contributed by atoms with E-state index in [-0.39, 0.29) is 31.1 Å². The molecule has 1 atom stereocenters. The highest BCUT2D eigenvalue weighted by molar-refractivity contribution is 5.71. The number of unbranched alkanes of at least 4 members (excludes halogenated alkanes) is 34. The Labute approximate surface area is 453 Å². The van der Waals surface area contributed by atoms with Crippen LogP contribution in [-0.4, -0.2) is 37.2 Å². The number of hydrogen-bond donors (Lipinski definition) is 0. The molecule has 0 aromatic rings. The highest BCUT2D eigenvalue weighted by atomic mass is 16.6. The van der Waals surface area contributed by atoms with Crippen molar-refractivity contribution in [3.63, 3.8) is 0 Å². The lowest BCUT2D eigenvalue weighted by atomic mass is 10.0. The van der Waals surface area contributed by atoms with Gasteiger partial charge in [0.2, 0.25) is 0 Å². The number of hydrogen-bond acceptors (Lipinski definition) is 6. The SMILES string of the molecule is CCCCC/C=C\C/C=C\C/C=C\C/C=C\CCCCCC(=O)OC[C@H](COC(=O)CCCCCCC/C=C\CCCCCCCC)OC(=O)CCCCCCCCCCCCC/C=C\CCCCCCCC. The van der Waals surface area contributed by atoms with Crippen molar-refractivity contribution < 1.29 is 28.6 Å². The molecule has 0 rings (SSSR count). The van der Waals surface area contributed by atoms with Crippen LogP contribution in [0.1, 0.15) is 316 Å². The van der Waals surface area contributed by atoms with Crippen molar-refractivity contribution in [1.29, 1.82) is 0 Å². The van der Waals surface area contributed by atoms with E-state index in [1.54, 1.807) is 0 Å². The minimum atomic E-state index is -0.793. The van der Waals surface area contributed by atoms with Gasteiger partial charge in [-0.3, -0.25) is 14.4 Å². The van der Waals surface area contributed by atoms with Crippen LogP contribution in [0.3, 0.4) is 0 Å². The minimum Gasteiger partial charge on any atom is -0.462 e. The lowest BCUT2D eigenvalue weighted by molar-refractivity contribution is -0.167. The maximum atomic E-state index is 12.9. The molecule has 0 fully saturated rings. The summed E-state index contributed by atoms with van der Waals surface area (Å²) in [7, 11) is 0. The molecule has 0 aliphatic heterocycles. The first-order chi connectivity index (χ1) is 36.0. The zero-order valence-electron chi connectivity index (χ0n) is 48.4. The molecule has 0 saturated heterocycles. The van der Waals surface area contributed by atoms with Crippen LogP contribution in [0.15, 0.2) is 72.9 Å². The third kappa shape index (κ3) is 59.6. The van der Waals surface area contributed by atoms with Crippen LogP contribution in [0.25, 0.3) is 0 Å². The molecule has 0 aliphatic rings. The van der Waals surface area contributed by atoms with E-state index in [4.69, 9.17) is 14.2 Å². The van der Waals surface area contributed by atoms with Crippen molar-refractivity contribution in [3.05, 3.63) is 72.9 Å². The topological polar surface area (TPSA) is 78.9 Å². The summed E-state index contributed by atoms with van der Waals surface area (Å²) in [5.74, 6) is -0.916. The van der Waals surface area contributed by atoms with Crippen molar-refractivity contribution in [2.75, 3.05) is 13.2 Å². The van der Waals surface area contributed by atoms with Crippen LogP contribution in [0, 0.1) is 0 Å². The molecule has 0 radical (unpaired) electrons. The summed E-state index contributed by atoms with van der Waals surface area (Å²) in [6.07, 6.45) is 79.0. The van der Waals surface area contributed by atoms with Gasteiger partial charge >= 0.3 is 17.9 Å². The highest BCUT2D eigenvalue weighted by Crippen LogP contribution is 2.16. The van der Waals surface area contributed by atoms with Gasteiger partial charge in [-0.05, 0) is 116 Å². The van der Waals surface area contributed by atoms with E-state index in [0.29, 0.717) is 19.3 Å². The second kappa shape index (κ2) is 61.4. The average Bonchev–Trinajstić information content (AvgIpc) is 3.39. The lowest BCUT2D eigenvalue weighted by Gasteiger charge is -2.18. The Kier molecular flexibility index (Phi) is 58.7. The fourth-order valence-corrected chi connectivity index (χ4v) is 8.89. The first-order valence-electron chi connectivity index (χ1n) is 31.4. The van der Waals surface area contributed by atoms with E-state index in [1.807, 2.05) is 0 Å². The van der Waals surface area contributed by atoms with E-state index in [9.17, 15) is 14.4 Å². The molecule has 422 valence electrons. The molecule has 73 heavy (non-hydrogen) atoms. The predicted octanol–water partition coefficient (Wildman–Crippen LogP) is 21.3. The third-order valence-electron chi connectivity index (χ3n) is 13.7. The van der Waals surface area contributed by atoms with Crippen LogP contribution in [0.2, 0.25) is 0 Å². The van der Waals surface area contributed by atoms with E-state index in [2.05, 4.69) is 93.7 Å². The van der Waals surface area contributed by atoms with Crippen molar-refractivity contribution in [3.8, 4) is 0 Å². The molecular formula is C67H118O6. The number of allylic oxidation sites excluding steroid dienone is 12. The minimum absolute atomic E-state index is 0.0889. The van der Waals surface area contributed by atoms with Gasteiger partial charge in [-0.25, -0.2) is 0 Å². The van der Waals surface area contributed by atoms with Gasteiger partial charge < -0.3 is 14.2 Å². The van der Waals surface area contributed by atoms with Crippen LogP contribution < -0.4 is 0 Å². The predicted molar refractivity (Wildman–Crippen MR) is 316 cm³/mol. The number of carbonyl (C=O) groups is 3. The first-order valence-corrected chi connectivity index (χ1v) is 31.4. The van der Waals surface area contributed by atoms with Crippen molar-refractivity contribution in [1.82, 2.24) is 0 Å². The van der Waals surface area contributed by atoms with Gasteiger partial charge in [-0.15, -0.1) is 0 Å². The second-order valence-electron chi connectivity index (χ2n) is 21.0. The fraction of sp³-hybridized carbons (Fsp3) is 0.776. The summed E-state index contributed by atoms with van der Waals surface area (Å²) < 4.78 is 16.9. The number of carbonyl (C=O) groups excluding carboxylic acids is 3. The monoisotopic (exact) mass is 1020 g/mol. The molecule has 0 aliphatic carbocycles. The Balaban J connectivity index is 4.42. The van der Waals surface area contributed by atoms with E-state index in [1.165, 1.54) is 186 Å². The molecule has 0 unspecified atom stereocenters. The quantitative estimate of drug-likeness (QED) is 0.0261. The second-order valence-corrected chi connectivity index (χ2v) is 21.0. The Morgan fingerprint density at radius 3 is 0.822 bits per heavy atom. The molecule has 0 bridgehead atoms. The molecule has 0 spiro atoms. The highest BCUT2D eigenvalue weighted by Gasteiger charge is 2.19. The maximum absolute atomic E-state index is 12.9. The van der Waals surface area contributed by atoms with Crippen LogP contribution in [0.4, 0.5) is 0 Å². The van der Waals surface area contributed by atoms with Crippen LogP contribution in [-0.2, 0) is 28.6 Å². The molecule has 0 heterocycles. The number of esters is 3. The van der Waals surface area contributed by atoms with Crippen molar-refractivity contribution >= 4 is 17.9 Å². The van der Waals surface area contributed by atoms with Gasteiger partial charge in [0.1, 0.15) is 13.2 Å². The van der Waals surface area contributed by atoms with Crippen LogP contribution >= 0.6 is 0 Å². The summed E-state index contributed by atoms with van der Waals surface area (Å²) in [5, 5.41) is 0. The third-order valence-corrected chi connectivity index (χ3v) is 13.7.